The van der Waals surface area contributed by atoms with Crippen LogP contribution in [-0.4, -0.2) is 23.0 Å². The van der Waals surface area contributed by atoms with Gasteiger partial charge in [-0.05, 0) is 37.3 Å². The van der Waals surface area contributed by atoms with Crippen LogP contribution in [0.25, 0.3) is 0 Å². The highest BCUT2D eigenvalue weighted by atomic mass is 16.5. The summed E-state index contributed by atoms with van der Waals surface area (Å²) in [4.78, 5) is 23.7. The first kappa shape index (κ1) is 15.4. The average molecular weight is 300 g/mol. The molecule has 0 radical (unpaired) electrons. The van der Waals surface area contributed by atoms with Crippen molar-refractivity contribution in [3.63, 3.8) is 0 Å². The van der Waals surface area contributed by atoms with Crippen molar-refractivity contribution in [2.24, 2.45) is 0 Å². The molecule has 2 amide bonds. The molecule has 2 rings (SSSR count). The van der Waals surface area contributed by atoms with Gasteiger partial charge >= 0.3 is 0 Å². The fourth-order valence-electron chi connectivity index (χ4n) is 1.70. The summed E-state index contributed by atoms with van der Waals surface area (Å²) in [5.74, 6) is -0.488. The highest BCUT2D eigenvalue weighted by Crippen LogP contribution is 2.11. The third-order valence-electron chi connectivity index (χ3n) is 2.83. The minimum atomic E-state index is -0.771. The van der Waals surface area contributed by atoms with Gasteiger partial charge in [-0.2, -0.15) is 0 Å². The number of amides is 2. The molecule has 1 atom stereocenters. The number of aromatic hydroxyl groups is 1. The van der Waals surface area contributed by atoms with E-state index < -0.39 is 17.9 Å². The molecule has 0 heterocycles. The summed E-state index contributed by atoms with van der Waals surface area (Å²) in [6.45, 7) is 1.57. The Labute approximate surface area is 127 Å². The maximum Gasteiger partial charge on any atom is 0.279 e. The molecule has 0 aliphatic rings. The van der Waals surface area contributed by atoms with E-state index in [-0.39, 0.29) is 11.3 Å². The van der Waals surface area contributed by atoms with Gasteiger partial charge < -0.3 is 9.84 Å². The molecule has 114 valence electrons. The molecule has 6 nitrogen and oxygen atoms in total. The van der Waals surface area contributed by atoms with E-state index in [1.807, 2.05) is 6.07 Å². The minimum absolute atomic E-state index is 0.0280. The van der Waals surface area contributed by atoms with Crippen LogP contribution in [0.3, 0.4) is 0 Å². The lowest BCUT2D eigenvalue weighted by Gasteiger charge is -2.15. The van der Waals surface area contributed by atoms with E-state index >= 15 is 0 Å². The van der Waals surface area contributed by atoms with Gasteiger partial charge in [0.1, 0.15) is 11.5 Å². The van der Waals surface area contributed by atoms with E-state index in [4.69, 9.17) is 4.74 Å². The van der Waals surface area contributed by atoms with Gasteiger partial charge in [0, 0.05) is 5.56 Å². The Hall–Kier alpha value is -3.02. The SMILES string of the molecule is C[C@@H](Oc1ccccc1)C(=O)NNC(=O)c1cccc(O)c1. The largest absolute Gasteiger partial charge is 0.508 e. The summed E-state index contributed by atoms with van der Waals surface area (Å²) < 4.78 is 5.43. The Morgan fingerprint density at radius 1 is 1.05 bits per heavy atom. The van der Waals surface area contributed by atoms with Crippen LogP contribution in [0.15, 0.2) is 54.6 Å². The Kier molecular flexibility index (Phi) is 4.98. The summed E-state index contributed by atoms with van der Waals surface area (Å²) in [6.07, 6.45) is -0.771. The quantitative estimate of drug-likeness (QED) is 0.749. The van der Waals surface area contributed by atoms with Crippen LogP contribution in [0.4, 0.5) is 0 Å². The maximum atomic E-state index is 11.8. The lowest BCUT2D eigenvalue weighted by Crippen LogP contribution is -2.47. The number of benzene rings is 2. The maximum absolute atomic E-state index is 11.8. The topological polar surface area (TPSA) is 87.7 Å². The fraction of sp³-hybridized carbons (Fsp3) is 0.125. The van der Waals surface area contributed by atoms with Crippen molar-refractivity contribution < 1.29 is 19.4 Å². The van der Waals surface area contributed by atoms with Crippen molar-refractivity contribution in [3.8, 4) is 11.5 Å². The molecule has 6 heteroatoms. The lowest BCUT2D eigenvalue weighted by atomic mass is 10.2. The molecular formula is C16H16N2O4. The van der Waals surface area contributed by atoms with Gasteiger partial charge in [0.15, 0.2) is 6.10 Å². The molecule has 0 aromatic heterocycles. The smallest absolute Gasteiger partial charge is 0.279 e. The van der Waals surface area contributed by atoms with Crippen LogP contribution in [0.2, 0.25) is 0 Å². The zero-order chi connectivity index (χ0) is 15.9. The molecule has 0 spiro atoms. The van der Waals surface area contributed by atoms with E-state index in [1.165, 1.54) is 24.3 Å². The number of carbonyl (C=O) groups excluding carboxylic acids is 2. The normalized spacial score (nSPS) is 11.3. The number of nitrogens with one attached hydrogen (secondary N) is 2. The third-order valence-corrected chi connectivity index (χ3v) is 2.83. The van der Waals surface area contributed by atoms with Crippen molar-refractivity contribution >= 4 is 11.8 Å². The van der Waals surface area contributed by atoms with Gasteiger partial charge in [0.2, 0.25) is 0 Å². The number of hydrazine groups is 1. The Balaban J connectivity index is 1.85. The number of hydrogen-bond acceptors (Lipinski definition) is 4. The Morgan fingerprint density at radius 2 is 1.77 bits per heavy atom. The van der Waals surface area contributed by atoms with Gasteiger partial charge in [-0.15, -0.1) is 0 Å². The standard InChI is InChI=1S/C16H16N2O4/c1-11(22-14-8-3-2-4-9-14)15(20)17-18-16(21)12-6-5-7-13(19)10-12/h2-11,19H,1H3,(H,17,20)(H,18,21)/t11-/m1/s1. The van der Waals surface area contributed by atoms with E-state index in [1.54, 1.807) is 31.2 Å². The number of phenolic OH excluding ortho intramolecular Hbond substituents is 1. The number of carbonyl (C=O) groups is 2. The lowest BCUT2D eigenvalue weighted by molar-refractivity contribution is -0.128. The summed E-state index contributed by atoms with van der Waals surface area (Å²) >= 11 is 0. The summed E-state index contributed by atoms with van der Waals surface area (Å²) in [7, 11) is 0. The second kappa shape index (κ2) is 7.12. The van der Waals surface area contributed by atoms with Crippen molar-refractivity contribution in [2.75, 3.05) is 0 Å². The molecule has 0 saturated heterocycles. The van der Waals surface area contributed by atoms with Crippen LogP contribution in [-0.2, 0) is 4.79 Å². The van der Waals surface area contributed by atoms with Gasteiger partial charge in [0.25, 0.3) is 11.8 Å². The third kappa shape index (κ3) is 4.24. The van der Waals surface area contributed by atoms with Crippen LogP contribution < -0.4 is 15.6 Å². The van der Waals surface area contributed by atoms with E-state index in [0.29, 0.717) is 5.75 Å². The first-order valence-electron chi connectivity index (χ1n) is 6.67. The summed E-state index contributed by atoms with van der Waals surface area (Å²) in [5, 5.41) is 9.30. The Bertz CT molecular complexity index is 658. The number of phenols is 1. The predicted molar refractivity (Wildman–Crippen MR) is 80.2 cm³/mol. The molecular weight excluding hydrogens is 284 g/mol. The van der Waals surface area contributed by atoms with E-state index in [9.17, 15) is 14.7 Å². The zero-order valence-corrected chi connectivity index (χ0v) is 11.9. The summed E-state index contributed by atoms with van der Waals surface area (Å²) in [5.41, 5.74) is 4.77. The van der Waals surface area contributed by atoms with Crippen molar-refractivity contribution in [2.45, 2.75) is 13.0 Å². The number of hydrogen-bond donors (Lipinski definition) is 3. The molecule has 0 bridgehead atoms. The van der Waals surface area contributed by atoms with Crippen LogP contribution >= 0.6 is 0 Å². The average Bonchev–Trinajstić information content (AvgIpc) is 2.53. The number of ether oxygens (including phenoxy) is 1. The molecule has 2 aromatic carbocycles. The van der Waals surface area contributed by atoms with Gasteiger partial charge in [-0.3, -0.25) is 20.4 Å². The first-order chi connectivity index (χ1) is 10.6. The van der Waals surface area contributed by atoms with Gasteiger partial charge in [0.05, 0.1) is 0 Å². The fourth-order valence-corrected chi connectivity index (χ4v) is 1.70. The van der Waals surface area contributed by atoms with Crippen LogP contribution in [0, 0.1) is 0 Å². The summed E-state index contributed by atoms with van der Waals surface area (Å²) in [6, 6.07) is 14.7. The van der Waals surface area contributed by atoms with Crippen molar-refractivity contribution in [3.05, 3.63) is 60.2 Å². The molecule has 0 fully saturated rings. The molecule has 0 saturated carbocycles. The van der Waals surface area contributed by atoms with Crippen molar-refractivity contribution in [1.29, 1.82) is 0 Å². The van der Waals surface area contributed by atoms with E-state index in [2.05, 4.69) is 10.9 Å². The first-order valence-corrected chi connectivity index (χ1v) is 6.67. The second-order valence-corrected chi connectivity index (χ2v) is 4.57. The van der Waals surface area contributed by atoms with E-state index in [0.717, 1.165) is 0 Å². The van der Waals surface area contributed by atoms with Gasteiger partial charge in [-0.25, -0.2) is 0 Å². The molecule has 0 aliphatic heterocycles. The molecule has 22 heavy (non-hydrogen) atoms. The number of rotatable bonds is 4. The van der Waals surface area contributed by atoms with Crippen molar-refractivity contribution in [1.82, 2.24) is 10.9 Å². The molecule has 2 aromatic rings. The zero-order valence-electron chi connectivity index (χ0n) is 11.9. The predicted octanol–water partition coefficient (Wildman–Crippen LogP) is 1.62. The van der Waals surface area contributed by atoms with Crippen LogP contribution in [0.1, 0.15) is 17.3 Å². The van der Waals surface area contributed by atoms with Crippen LogP contribution in [0.5, 0.6) is 11.5 Å². The molecule has 0 aliphatic carbocycles. The number of para-hydroxylation sites is 1. The highest BCUT2D eigenvalue weighted by molar-refractivity contribution is 5.96. The minimum Gasteiger partial charge on any atom is -0.508 e. The molecule has 0 unspecified atom stereocenters. The van der Waals surface area contributed by atoms with Gasteiger partial charge in [-0.1, -0.05) is 24.3 Å². The molecule has 3 N–H and O–H groups in total. The highest BCUT2D eigenvalue weighted by Gasteiger charge is 2.15. The Morgan fingerprint density at radius 3 is 2.45 bits per heavy atom. The monoisotopic (exact) mass is 300 g/mol. The second-order valence-electron chi connectivity index (χ2n) is 4.57.